The molecule has 0 saturated carbocycles. The Labute approximate surface area is 123 Å². The molecule has 21 heavy (non-hydrogen) atoms. The van der Waals surface area contributed by atoms with Crippen LogP contribution >= 0.6 is 0 Å². The Morgan fingerprint density at radius 1 is 0.952 bits per heavy atom. The average Bonchev–Trinajstić information content (AvgIpc) is 2.55. The van der Waals surface area contributed by atoms with Crippen LogP contribution in [0.25, 0.3) is 17.2 Å². The van der Waals surface area contributed by atoms with E-state index in [-0.39, 0.29) is 5.70 Å². The first-order valence-corrected chi connectivity index (χ1v) is 6.54. The van der Waals surface area contributed by atoms with Crippen molar-refractivity contribution >= 4 is 18.4 Å². The second kappa shape index (κ2) is 7.05. The number of carbonyl (C=O) groups is 2. The van der Waals surface area contributed by atoms with Crippen molar-refractivity contribution in [3.05, 3.63) is 65.9 Å². The van der Waals surface area contributed by atoms with Crippen LogP contribution in [-0.4, -0.2) is 19.4 Å². The molecule has 0 heterocycles. The topological polar surface area (TPSA) is 58.2 Å². The first kappa shape index (κ1) is 14.5. The van der Waals surface area contributed by atoms with Gasteiger partial charge in [0.05, 0.1) is 5.70 Å². The predicted molar refractivity (Wildman–Crippen MR) is 83.5 cm³/mol. The van der Waals surface area contributed by atoms with Crippen LogP contribution in [0.1, 0.15) is 5.56 Å². The van der Waals surface area contributed by atoms with Gasteiger partial charge in [0.15, 0.2) is 6.29 Å². The van der Waals surface area contributed by atoms with Gasteiger partial charge in [0.25, 0.3) is 0 Å². The lowest BCUT2D eigenvalue weighted by molar-refractivity contribution is -0.105. The number of hydrogen-bond acceptors (Lipinski definition) is 2. The maximum Gasteiger partial charge on any atom is 0.319 e. The van der Waals surface area contributed by atoms with Crippen molar-refractivity contribution in [3.8, 4) is 11.1 Å². The lowest BCUT2D eigenvalue weighted by atomic mass is 10.0. The molecule has 0 aromatic heterocycles. The molecule has 0 spiro atoms. The van der Waals surface area contributed by atoms with Crippen LogP contribution in [0.3, 0.4) is 0 Å². The lowest BCUT2D eigenvalue weighted by Crippen LogP contribution is -2.32. The van der Waals surface area contributed by atoms with Crippen LogP contribution in [0.4, 0.5) is 4.79 Å². The molecule has 4 heteroatoms. The van der Waals surface area contributed by atoms with Gasteiger partial charge in [0.2, 0.25) is 0 Å². The average molecular weight is 280 g/mol. The highest BCUT2D eigenvalue weighted by Crippen LogP contribution is 2.19. The van der Waals surface area contributed by atoms with Crippen LogP contribution < -0.4 is 10.6 Å². The molecule has 0 aliphatic heterocycles. The third-order valence-corrected chi connectivity index (χ3v) is 2.95. The summed E-state index contributed by atoms with van der Waals surface area (Å²) in [5, 5.41) is 4.85. The summed E-state index contributed by atoms with van der Waals surface area (Å²) < 4.78 is 0. The molecule has 2 aromatic carbocycles. The fourth-order valence-corrected chi connectivity index (χ4v) is 1.88. The molecule has 0 aliphatic rings. The number of allylic oxidation sites excluding steroid dienone is 1. The Balaban J connectivity index is 2.18. The minimum atomic E-state index is -0.422. The minimum absolute atomic E-state index is 0.210. The minimum Gasteiger partial charge on any atom is -0.341 e. The number of carbonyl (C=O) groups excluding carboxylic acids is 2. The van der Waals surface area contributed by atoms with Gasteiger partial charge in [-0.25, -0.2) is 4.79 Å². The molecule has 2 N–H and O–H groups in total. The van der Waals surface area contributed by atoms with E-state index < -0.39 is 6.03 Å². The quantitative estimate of drug-likeness (QED) is 0.668. The van der Waals surface area contributed by atoms with Gasteiger partial charge in [-0.15, -0.1) is 0 Å². The Morgan fingerprint density at radius 3 is 2.14 bits per heavy atom. The van der Waals surface area contributed by atoms with Crippen molar-refractivity contribution in [2.75, 3.05) is 7.05 Å². The first-order valence-electron chi connectivity index (χ1n) is 6.54. The Morgan fingerprint density at radius 2 is 1.57 bits per heavy atom. The first-order chi connectivity index (χ1) is 10.2. The molecule has 0 fully saturated rings. The van der Waals surface area contributed by atoms with Crippen molar-refractivity contribution in [2.45, 2.75) is 0 Å². The zero-order valence-corrected chi connectivity index (χ0v) is 11.7. The highest BCUT2D eigenvalue weighted by atomic mass is 16.2. The third kappa shape index (κ3) is 4.04. The van der Waals surface area contributed by atoms with Crippen LogP contribution in [0.15, 0.2) is 60.3 Å². The molecular weight excluding hydrogens is 264 g/mol. The Hall–Kier alpha value is -2.88. The predicted octanol–water partition coefficient (Wildman–Crippen LogP) is 2.82. The van der Waals surface area contributed by atoms with Gasteiger partial charge in [0.1, 0.15) is 0 Å². The molecule has 2 rings (SSSR count). The Bertz CT molecular complexity index is 646. The fourth-order valence-electron chi connectivity index (χ4n) is 1.88. The van der Waals surface area contributed by atoms with Crippen LogP contribution in [0.2, 0.25) is 0 Å². The Kier molecular flexibility index (Phi) is 4.88. The normalized spacial score (nSPS) is 10.8. The summed E-state index contributed by atoms with van der Waals surface area (Å²) in [6.07, 6.45) is 2.23. The SMILES string of the molecule is CNC(=O)N/C(C=O)=C\c1ccc(-c2ccccc2)cc1. The summed E-state index contributed by atoms with van der Waals surface area (Å²) in [6.45, 7) is 0. The molecule has 2 amide bonds. The monoisotopic (exact) mass is 280 g/mol. The number of hydrogen-bond donors (Lipinski definition) is 2. The second-order valence-electron chi connectivity index (χ2n) is 4.41. The second-order valence-corrected chi connectivity index (χ2v) is 4.41. The van der Waals surface area contributed by atoms with E-state index in [9.17, 15) is 9.59 Å². The number of amides is 2. The van der Waals surface area contributed by atoms with E-state index in [1.54, 1.807) is 6.08 Å². The highest BCUT2D eigenvalue weighted by molar-refractivity contribution is 5.89. The molecule has 0 bridgehead atoms. The van der Waals surface area contributed by atoms with Gasteiger partial charge in [-0.05, 0) is 22.8 Å². The summed E-state index contributed by atoms with van der Waals surface area (Å²) in [6, 6.07) is 17.4. The molecule has 0 atom stereocenters. The smallest absolute Gasteiger partial charge is 0.319 e. The van der Waals surface area contributed by atoms with E-state index in [4.69, 9.17) is 0 Å². The van der Waals surface area contributed by atoms with E-state index in [0.29, 0.717) is 6.29 Å². The summed E-state index contributed by atoms with van der Waals surface area (Å²) in [5.41, 5.74) is 3.28. The van der Waals surface area contributed by atoms with Gasteiger partial charge >= 0.3 is 6.03 Å². The van der Waals surface area contributed by atoms with Gasteiger partial charge < -0.3 is 10.6 Å². The van der Waals surface area contributed by atoms with Crippen molar-refractivity contribution in [2.24, 2.45) is 0 Å². The van der Waals surface area contributed by atoms with E-state index in [2.05, 4.69) is 10.6 Å². The molecule has 2 aromatic rings. The third-order valence-electron chi connectivity index (χ3n) is 2.95. The number of benzene rings is 2. The summed E-state index contributed by atoms with van der Waals surface area (Å²) >= 11 is 0. The summed E-state index contributed by atoms with van der Waals surface area (Å²) in [4.78, 5) is 22.1. The molecule has 0 aliphatic carbocycles. The van der Waals surface area contributed by atoms with Crippen LogP contribution in [0.5, 0.6) is 0 Å². The molecular formula is C17H16N2O2. The molecule has 4 nitrogen and oxygen atoms in total. The van der Waals surface area contributed by atoms with Crippen molar-refractivity contribution in [1.82, 2.24) is 10.6 Å². The zero-order chi connectivity index (χ0) is 15.1. The number of urea groups is 1. The highest BCUT2D eigenvalue weighted by Gasteiger charge is 2.01. The van der Waals surface area contributed by atoms with Crippen molar-refractivity contribution in [3.63, 3.8) is 0 Å². The van der Waals surface area contributed by atoms with E-state index in [1.807, 2.05) is 54.6 Å². The van der Waals surface area contributed by atoms with Gasteiger partial charge in [0, 0.05) is 7.05 Å². The van der Waals surface area contributed by atoms with Gasteiger partial charge in [-0.1, -0.05) is 54.6 Å². The van der Waals surface area contributed by atoms with Crippen molar-refractivity contribution < 1.29 is 9.59 Å². The van der Waals surface area contributed by atoms with Crippen LogP contribution in [0, 0.1) is 0 Å². The molecule has 0 unspecified atom stereocenters. The van der Waals surface area contributed by atoms with Crippen LogP contribution in [-0.2, 0) is 4.79 Å². The maximum atomic E-state index is 11.2. The summed E-state index contributed by atoms with van der Waals surface area (Å²) in [5.74, 6) is 0. The zero-order valence-electron chi connectivity index (χ0n) is 11.7. The number of nitrogens with one attached hydrogen (secondary N) is 2. The standard InChI is InChI=1S/C17H16N2O2/c1-18-17(21)19-16(12-20)11-13-7-9-15(10-8-13)14-5-3-2-4-6-14/h2-12H,1H3,(H2,18,19,21)/b16-11-. The fraction of sp³-hybridized carbons (Fsp3) is 0.0588. The van der Waals surface area contributed by atoms with Gasteiger partial charge in [-0.2, -0.15) is 0 Å². The maximum absolute atomic E-state index is 11.2. The van der Waals surface area contributed by atoms with E-state index in [1.165, 1.54) is 7.05 Å². The number of rotatable bonds is 4. The molecule has 0 saturated heterocycles. The van der Waals surface area contributed by atoms with E-state index >= 15 is 0 Å². The van der Waals surface area contributed by atoms with Crippen molar-refractivity contribution in [1.29, 1.82) is 0 Å². The molecule has 0 radical (unpaired) electrons. The van der Waals surface area contributed by atoms with E-state index in [0.717, 1.165) is 16.7 Å². The molecule has 106 valence electrons. The summed E-state index contributed by atoms with van der Waals surface area (Å²) in [7, 11) is 1.49. The number of aldehydes is 1. The van der Waals surface area contributed by atoms with Gasteiger partial charge in [-0.3, -0.25) is 4.79 Å². The largest absolute Gasteiger partial charge is 0.341 e. The lowest BCUT2D eigenvalue weighted by Gasteiger charge is -2.04.